The Hall–Kier alpha value is -1.36. The van der Waals surface area contributed by atoms with Crippen molar-refractivity contribution in [2.75, 3.05) is 0 Å². The Kier molecular flexibility index (Phi) is 5.04. The number of carbonyl (C=O) groups is 2. The van der Waals surface area contributed by atoms with E-state index in [0.717, 1.165) is 10.0 Å². The lowest BCUT2D eigenvalue weighted by atomic mass is 9.95. The SMILES string of the molecule is CCC1NC(=O)C(C(C)C)N(Cc2ccc(Br)cc2)C1=O. The van der Waals surface area contributed by atoms with Crippen molar-refractivity contribution in [2.45, 2.75) is 45.8 Å². The van der Waals surface area contributed by atoms with Gasteiger partial charge in [-0.15, -0.1) is 0 Å². The topological polar surface area (TPSA) is 49.4 Å². The minimum Gasteiger partial charge on any atom is -0.343 e. The van der Waals surface area contributed by atoms with E-state index in [4.69, 9.17) is 0 Å². The lowest BCUT2D eigenvalue weighted by Crippen LogP contribution is -2.64. The molecule has 2 rings (SSSR count). The van der Waals surface area contributed by atoms with E-state index in [1.165, 1.54) is 0 Å². The van der Waals surface area contributed by atoms with Crippen molar-refractivity contribution in [2.24, 2.45) is 5.92 Å². The highest BCUT2D eigenvalue weighted by Gasteiger charge is 2.41. The van der Waals surface area contributed by atoms with Gasteiger partial charge in [0.1, 0.15) is 12.1 Å². The molecule has 4 nitrogen and oxygen atoms in total. The number of amides is 2. The standard InChI is InChI=1S/C16H21BrN2O2/c1-4-13-16(21)19(14(10(2)3)15(20)18-13)9-11-5-7-12(17)8-6-11/h5-8,10,13-14H,4,9H2,1-3H3,(H,18,20). The van der Waals surface area contributed by atoms with E-state index >= 15 is 0 Å². The number of rotatable bonds is 4. The molecule has 21 heavy (non-hydrogen) atoms. The Morgan fingerprint density at radius 1 is 1.24 bits per heavy atom. The fraction of sp³-hybridized carbons (Fsp3) is 0.500. The molecule has 1 fully saturated rings. The number of hydrogen-bond acceptors (Lipinski definition) is 2. The van der Waals surface area contributed by atoms with E-state index in [-0.39, 0.29) is 17.7 Å². The highest BCUT2D eigenvalue weighted by Crippen LogP contribution is 2.22. The van der Waals surface area contributed by atoms with Gasteiger partial charge in [0.25, 0.3) is 0 Å². The number of carbonyl (C=O) groups excluding carboxylic acids is 2. The molecular weight excluding hydrogens is 332 g/mol. The van der Waals surface area contributed by atoms with Crippen LogP contribution in [0, 0.1) is 5.92 Å². The summed E-state index contributed by atoms with van der Waals surface area (Å²) >= 11 is 3.40. The Labute approximate surface area is 134 Å². The third kappa shape index (κ3) is 3.46. The van der Waals surface area contributed by atoms with Gasteiger partial charge < -0.3 is 10.2 Å². The van der Waals surface area contributed by atoms with Gasteiger partial charge in [0, 0.05) is 11.0 Å². The summed E-state index contributed by atoms with van der Waals surface area (Å²) in [6.07, 6.45) is 0.617. The van der Waals surface area contributed by atoms with E-state index < -0.39 is 12.1 Å². The van der Waals surface area contributed by atoms with Crippen molar-refractivity contribution in [1.82, 2.24) is 10.2 Å². The summed E-state index contributed by atoms with van der Waals surface area (Å²) in [7, 11) is 0. The first kappa shape index (κ1) is 16.0. The first-order chi connectivity index (χ1) is 9.93. The largest absolute Gasteiger partial charge is 0.343 e. The molecule has 1 aromatic carbocycles. The van der Waals surface area contributed by atoms with Gasteiger partial charge in [-0.2, -0.15) is 0 Å². The van der Waals surface area contributed by atoms with E-state index in [1.807, 2.05) is 45.0 Å². The second-order valence-corrected chi connectivity index (χ2v) is 6.67. The summed E-state index contributed by atoms with van der Waals surface area (Å²) in [6.45, 7) is 6.33. The number of nitrogens with one attached hydrogen (secondary N) is 1. The molecule has 0 spiro atoms. The van der Waals surface area contributed by atoms with Crippen LogP contribution < -0.4 is 5.32 Å². The first-order valence-corrected chi connectivity index (χ1v) is 8.08. The predicted molar refractivity (Wildman–Crippen MR) is 85.5 cm³/mol. The number of hydrogen-bond donors (Lipinski definition) is 1. The molecule has 2 atom stereocenters. The van der Waals surface area contributed by atoms with Gasteiger partial charge in [-0.05, 0) is 30.0 Å². The van der Waals surface area contributed by atoms with Crippen LogP contribution in [0.2, 0.25) is 0 Å². The Balaban J connectivity index is 2.27. The van der Waals surface area contributed by atoms with Crippen LogP contribution in [-0.2, 0) is 16.1 Å². The first-order valence-electron chi connectivity index (χ1n) is 7.29. The van der Waals surface area contributed by atoms with Crippen LogP contribution in [0.5, 0.6) is 0 Å². The molecule has 1 N–H and O–H groups in total. The summed E-state index contributed by atoms with van der Waals surface area (Å²) < 4.78 is 1.00. The molecular formula is C16H21BrN2O2. The second-order valence-electron chi connectivity index (χ2n) is 5.75. The zero-order valence-corrected chi connectivity index (χ0v) is 14.2. The van der Waals surface area contributed by atoms with Gasteiger partial charge in [-0.3, -0.25) is 9.59 Å². The van der Waals surface area contributed by atoms with Crippen LogP contribution in [0.3, 0.4) is 0 Å². The predicted octanol–water partition coefficient (Wildman–Crippen LogP) is 2.71. The molecule has 5 heteroatoms. The van der Waals surface area contributed by atoms with Crippen molar-refractivity contribution < 1.29 is 9.59 Å². The van der Waals surface area contributed by atoms with Gasteiger partial charge >= 0.3 is 0 Å². The lowest BCUT2D eigenvalue weighted by molar-refractivity contribution is -0.152. The molecule has 1 aromatic rings. The zero-order valence-electron chi connectivity index (χ0n) is 12.6. The molecule has 0 aliphatic carbocycles. The lowest BCUT2D eigenvalue weighted by Gasteiger charge is -2.40. The summed E-state index contributed by atoms with van der Waals surface area (Å²) in [5, 5.41) is 2.83. The van der Waals surface area contributed by atoms with E-state index in [2.05, 4.69) is 21.2 Å². The maximum atomic E-state index is 12.6. The highest BCUT2D eigenvalue weighted by atomic mass is 79.9. The fourth-order valence-corrected chi connectivity index (χ4v) is 2.96. The van der Waals surface area contributed by atoms with Gasteiger partial charge in [0.05, 0.1) is 0 Å². The van der Waals surface area contributed by atoms with Crippen molar-refractivity contribution in [3.63, 3.8) is 0 Å². The highest BCUT2D eigenvalue weighted by molar-refractivity contribution is 9.10. The van der Waals surface area contributed by atoms with Gasteiger partial charge in [-0.25, -0.2) is 0 Å². The van der Waals surface area contributed by atoms with Crippen molar-refractivity contribution >= 4 is 27.7 Å². The molecule has 2 amide bonds. The smallest absolute Gasteiger partial charge is 0.246 e. The third-order valence-electron chi connectivity index (χ3n) is 3.81. The average molecular weight is 353 g/mol. The third-order valence-corrected chi connectivity index (χ3v) is 4.34. The molecule has 0 aromatic heterocycles. The van der Waals surface area contributed by atoms with Gasteiger partial charge in [0.2, 0.25) is 11.8 Å². The maximum Gasteiger partial charge on any atom is 0.246 e. The fourth-order valence-electron chi connectivity index (χ4n) is 2.70. The van der Waals surface area contributed by atoms with Crippen molar-refractivity contribution in [1.29, 1.82) is 0 Å². The molecule has 1 heterocycles. The van der Waals surface area contributed by atoms with Crippen LogP contribution in [-0.4, -0.2) is 28.8 Å². The van der Waals surface area contributed by atoms with Gasteiger partial charge in [0.15, 0.2) is 0 Å². The van der Waals surface area contributed by atoms with Crippen molar-refractivity contribution in [3.05, 3.63) is 34.3 Å². The van der Waals surface area contributed by atoms with Crippen LogP contribution >= 0.6 is 15.9 Å². The summed E-state index contributed by atoms with van der Waals surface area (Å²) in [6, 6.07) is 7.05. The molecule has 1 aliphatic heterocycles. The number of piperazine rings is 1. The quantitative estimate of drug-likeness (QED) is 0.905. The molecule has 2 unspecified atom stereocenters. The second kappa shape index (κ2) is 6.60. The molecule has 1 saturated heterocycles. The minimum atomic E-state index is -0.400. The summed E-state index contributed by atoms with van der Waals surface area (Å²) in [4.78, 5) is 26.6. The van der Waals surface area contributed by atoms with Crippen LogP contribution in [0.4, 0.5) is 0 Å². The van der Waals surface area contributed by atoms with E-state index in [0.29, 0.717) is 13.0 Å². The van der Waals surface area contributed by atoms with E-state index in [1.54, 1.807) is 4.90 Å². The molecule has 0 saturated carbocycles. The van der Waals surface area contributed by atoms with Gasteiger partial charge in [-0.1, -0.05) is 48.8 Å². The monoisotopic (exact) mass is 352 g/mol. The molecule has 0 bridgehead atoms. The molecule has 114 valence electrons. The summed E-state index contributed by atoms with van der Waals surface area (Å²) in [5.74, 6) is 0.0504. The van der Waals surface area contributed by atoms with Crippen molar-refractivity contribution in [3.8, 4) is 0 Å². The summed E-state index contributed by atoms with van der Waals surface area (Å²) in [5.41, 5.74) is 1.03. The van der Waals surface area contributed by atoms with E-state index in [9.17, 15) is 9.59 Å². The molecule has 1 aliphatic rings. The maximum absolute atomic E-state index is 12.6. The van der Waals surface area contributed by atoms with Crippen LogP contribution in [0.1, 0.15) is 32.8 Å². The Morgan fingerprint density at radius 2 is 1.86 bits per heavy atom. The zero-order chi connectivity index (χ0) is 15.6. The average Bonchev–Trinajstić information content (AvgIpc) is 2.44. The van der Waals surface area contributed by atoms with Crippen LogP contribution in [0.25, 0.3) is 0 Å². The minimum absolute atomic E-state index is 0.0127. The molecule has 0 radical (unpaired) electrons. The number of halogens is 1. The Bertz CT molecular complexity index is 528. The normalized spacial score (nSPS) is 22.6. The van der Waals surface area contributed by atoms with Crippen LogP contribution in [0.15, 0.2) is 28.7 Å². The Morgan fingerprint density at radius 3 is 2.38 bits per heavy atom. The number of nitrogens with zero attached hydrogens (tertiary/aromatic N) is 1. The number of benzene rings is 1.